The lowest BCUT2D eigenvalue weighted by molar-refractivity contribution is 0.563. The van der Waals surface area contributed by atoms with Gasteiger partial charge in [-0.25, -0.2) is 0 Å². The molecule has 0 aliphatic heterocycles. The minimum atomic E-state index is -0.470. The zero-order valence-electron chi connectivity index (χ0n) is 46.9. The fraction of sp³-hybridized carbons (Fsp3) is 0.0488. The van der Waals surface area contributed by atoms with Crippen LogP contribution in [0.4, 0.5) is 17.1 Å². The molecule has 84 heavy (non-hydrogen) atoms. The van der Waals surface area contributed by atoms with Gasteiger partial charge in [0.1, 0.15) is 0 Å². The molecule has 0 saturated heterocycles. The van der Waals surface area contributed by atoms with Gasteiger partial charge in [0, 0.05) is 38.8 Å². The SMILES string of the molecule is CC1(C)c2ccccc2C2(c3ccccc3-c3ccc(-c4ccc(N(c5ccc(-c6ccc7c(c6)c6ccccc6n7-c6ccccc6)cc5)c5ccccc5-c5ccccc5-c5ccccc5-c5ccccc5)cc4)cc32)c2ccccc21. The van der Waals surface area contributed by atoms with Crippen LogP contribution < -0.4 is 4.90 Å². The molecular formula is C82H58N2. The van der Waals surface area contributed by atoms with Crippen LogP contribution in [0.15, 0.2) is 315 Å². The lowest BCUT2D eigenvalue weighted by atomic mass is 9.55. The van der Waals surface area contributed by atoms with Crippen molar-refractivity contribution in [3.8, 4) is 72.4 Å². The van der Waals surface area contributed by atoms with Crippen LogP contribution in [-0.4, -0.2) is 4.57 Å². The molecule has 2 aliphatic rings. The summed E-state index contributed by atoms with van der Waals surface area (Å²) in [6.45, 7) is 4.79. The van der Waals surface area contributed by atoms with Crippen LogP contribution in [0.2, 0.25) is 0 Å². The van der Waals surface area contributed by atoms with E-state index in [9.17, 15) is 0 Å². The summed E-state index contributed by atoms with van der Waals surface area (Å²) in [7, 11) is 0. The topological polar surface area (TPSA) is 8.17 Å². The Hall–Kier alpha value is -10.5. The van der Waals surface area contributed by atoms with E-state index >= 15 is 0 Å². The number of fused-ring (bicyclic) bond motifs is 12. The van der Waals surface area contributed by atoms with Gasteiger partial charge in [-0.2, -0.15) is 0 Å². The van der Waals surface area contributed by atoms with Gasteiger partial charge in [-0.1, -0.05) is 263 Å². The van der Waals surface area contributed by atoms with E-state index in [1.807, 2.05) is 0 Å². The van der Waals surface area contributed by atoms with Crippen molar-refractivity contribution < 1.29 is 0 Å². The minimum Gasteiger partial charge on any atom is -0.310 e. The molecule has 2 aliphatic carbocycles. The van der Waals surface area contributed by atoms with E-state index < -0.39 is 5.41 Å². The number of benzene rings is 13. The predicted octanol–water partition coefficient (Wildman–Crippen LogP) is 21.6. The summed E-state index contributed by atoms with van der Waals surface area (Å²) in [4.78, 5) is 2.45. The Morgan fingerprint density at radius 3 is 1.33 bits per heavy atom. The highest BCUT2D eigenvalue weighted by atomic mass is 15.1. The first-order chi connectivity index (χ1) is 41.4. The monoisotopic (exact) mass is 1070 g/mol. The molecule has 14 aromatic rings. The number of nitrogens with zero attached hydrogens (tertiary/aromatic N) is 2. The van der Waals surface area contributed by atoms with Crippen LogP contribution in [0.25, 0.3) is 94.3 Å². The largest absolute Gasteiger partial charge is 0.310 e. The van der Waals surface area contributed by atoms with Gasteiger partial charge < -0.3 is 9.47 Å². The molecule has 0 atom stereocenters. The number of rotatable bonds is 9. The van der Waals surface area contributed by atoms with Crippen molar-refractivity contribution in [1.29, 1.82) is 0 Å². The number of para-hydroxylation sites is 3. The fourth-order valence-electron chi connectivity index (χ4n) is 14.5. The Morgan fingerprint density at radius 2 is 0.690 bits per heavy atom. The summed E-state index contributed by atoms with van der Waals surface area (Å²) in [5.41, 5.74) is 28.7. The Labute approximate surface area is 491 Å². The van der Waals surface area contributed by atoms with Crippen LogP contribution in [0.5, 0.6) is 0 Å². The molecule has 13 aromatic carbocycles. The van der Waals surface area contributed by atoms with Crippen LogP contribution in [-0.2, 0) is 10.8 Å². The van der Waals surface area contributed by atoms with Gasteiger partial charge in [-0.3, -0.25) is 0 Å². The lowest BCUT2D eigenvalue weighted by Crippen LogP contribution is -2.40. The molecular weight excluding hydrogens is 1010 g/mol. The van der Waals surface area contributed by atoms with E-state index in [-0.39, 0.29) is 5.41 Å². The Bertz CT molecular complexity index is 4800. The third-order valence-electron chi connectivity index (χ3n) is 18.3. The second kappa shape index (κ2) is 19.6. The Balaban J connectivity index is 0.840. The van der Waals surface area contributed by atoms with Gasteiger partial charge in [0.05, 0.1) is 22.1 Å². The van der Waals surface area contributed by atoms with Crippen LogP contribution in [0.1, 0.15) is 47.2 Å². The number of hydrogen-bond acceptors (Lipinski definition) is 1. The summed E-state index contributed by atoms with van der Waals surface area (Å²) in [6, 6.07) is 117. The van der Waals surface area contributed by atoms with Crippen molar-refractivity contribution in [1.82, 2.24) is 4.57 Å². The maximum Gasteiger partial charge on any atom is 0.0719 e. The molecule has 16 rings (SSSR count). The van der Waals surface area contributed by atoms with Gasteiger partial charge in [0.2, 0.25) is 0 Å². The summed E-state index contributed by atoms with van der Waals surface area (Å²) in [5.74, 6) is 0. The molecule has 0 saturated carbocycles. The number of anilines is 3. The van der Waals surface area contributed by atoms with Gasteiger partial charge in [-0.15, -0.1) is 0 Å². The van der Waals surface area contributed by atoms with Crippen molar-refractivity contribution in [2.45, 2.75) is 24.7 Å². The zero-order chi connectivity index (χ0) is 55.9. The van der Waals surface area contributed by atoms with Gasteiger partial charge in [0.25, 0.3) is 0 Å². The third kappa shape index (κ3) is 7.57. The van der Waals surface area contributed by atoms with Crippen LogP contribution >= 0.6 is 0 Å². The zero-order valence-corrected chi connectivity index (χ0v) is 46.9. The molecule has 2 nitrogen and oxygen atoms in total. The highest BCUT2D eigenvalue weighted by Crippen LogP contribution is 2.62. The summed E-state index contributed by atoms with van der Waals surface area (Å²) in [5, 5.41) is 2.48. The molecule has 1 heterocycles. The minimum absolute atomic E-state index is 0.164. The molecule has 0 N–H and O–H groups in total. The lowest BCUT2D eigenvalue weighted by Gasteiger charge is -2.46. The average molecular weight is 1070 g/mol. The van der Waals surface area contributed by atoms with E-state index in [0.717, 1.165) is 33.9 Å². The van der Waals surface area contributed by atoms with E-state index in [2.05, 4.69) is 339 Å². The van der Waals surface area contributed by atoms with Crippen molar-refractivity contribution in [2.75, 3.05) is 4.90 Å². The maximum atomic E-state index is 2.50. The molecule has 0 fully saturated rings. The summed E-state index contributed by atoms with van der Waals surface area (Å²) >= 11 is 0. The van der Waals surface area contributed by atoms with Gasteiger partial charge in [-0.05, 0) is 161 Å². The quantitative estimate of drug-likeness (QED) is 0.140. The molecule has 0 radical (unpaired) electrons. The maximum absolute atomic E-state index is 2.50. The Kier molecular flexibility index (Phi) is 11.5. The van der Waals surface area contributed by atoms with Gasteiger partial charge in [0.15, 0.2) is 0 Å². The van der Waals surface area contributed by atoms with Crippen molar-refractivity contribution in [3.63, 3.8) is 0 Å². The molecule has 1 aromatic heterocycles. The second-order valence-corrected chi connectivity index (χ2v) is 23.1. The molecule has 396 valence electrons. The molecule has 0 amide bonds. The molecule has 0 bridgehead atoms. The summed E-state index contributed by atoms with van der Waals surface area (Å²) in [6.07, 6.45) is 0. The van der Waals surface area contributed by atoms with Crippen molar-refractivity contribution in [2.24, 2.45) is 0 Å². The third-order valence-corrected chi connectivity index (χ3v) is 18.3. The first-order valence-corrected chi connectivity index (χ1v) is 29.3. The first-order valence-electron chi connectivity index (χ1n) is 29.3. The molecule has 1 spiro atoms. The van der Waals surface area contributed by atoms with E-state index in [0.29, 0.717) is 0 Å². The Morgan fingerprint density at radius 1 is 0.262 bits per heavy atom. The van der Waals surface area contributed by atoms with E-state index in [4.69, 9.17) is 0 Å². The van der Waals surface area contributed by atoms with Crippen LogP contribution in [0, 0.1) is 0 Å². The number of hydrogen-bond donors (Lipinski definition) is 0. The van der Waals surface area contributed by atoms with Crippen LogP contribution in [0.3, 0.4) is 0 Å². The standard InChI is InChI=1S/C82H58N2/c1-81(2)73-35-17-19-37-75(73)82(76-38-20-18-36-74(76)81)72-34-16-13-31-67(72)68-51-45-59(54-77(68)82)56-43-49-62(50-44-56)83(78-39-21-14-32-69(78)66-30-12-11-29-65(66)64-28-10-9-27-63(64)57-23-5-3-6-24-57)61-47-41-55(42-48-61)58-46-52-80-71(53-58)70-33-15-22-40-79(70)84(80)60-25-7-4-8-26-60/h3-54H,1-2H3. The smallest absolute Gasteiger partial charge is 0.0719 e. The van der Waals surface area contributed by atoms with E-state index in [1.54, 1.807) is 0 Å². The molecule has 2 heteroatoms. The normalized spacial score (nSPS) is 13.3. The summed E-state index contributed by atoms with van der Waals surface area (Å²) < 4.78 is 2.38. The number of aromatic nitrogens is 1. The highest BCUT2D eigenvalue weighted by Gasteiger charge is 2.53. The average Bonchev–Trinajstić information content (AvgIpc) is 1.51. The van der Waals surface area contributed by atoms with Gasteiger partial charge >= 0.3 is 0 Å². The van der Waals surface area contributed by atoms with Crippen molar-refractivity contribution >= 4 is 38.9 Å². The first kappa shape index (κ1) is 49.3. The highest BCUT2D eigenvalue weighted by molar-refractivity contribution is 6.10. The molecule has 0 unspecified atom stereocenters. The van der Waals surface area contributed by atoms with E-state index in [1.165, 1.54) is 111 Å². The predicted molar refractivity (Wildman–Crippen MR) is 352 cm³/mol. The second-order valence-electron chi connectivity index (χ2n) is 23.1. The van der Waals surface area contributed by atoms with Crippen molar-refractivity contribution in [3.05, 3.63) is 349 Å². The fourth-order valence-corrected chi connectivity index (χ4v) is 14.5.